The van der Waals surface area contributed by atoms with Gasteiger partial charge in [-0.2, -0.15) is 0 Å². The third-order valence-electron chi connectivity index (χ3n) is 3.50. The average Bonchev–Trinajstić information content (AvgIpc) is 3.15. The normalized spacial score (nSPS) is 10.6. The molecule has 0 radical (unpaired) electrons. The van der Waals surface area contributed by atoms with Crippen molar-refractivity contribution in [1.29, 1.82) is 0 Å². The first kappa shape index (κ1) is 17.9. The number of thioether (sulfide) groups is 1. The maximum Gasteiger partial charge on any atom is 0.277 e. The maximum atomic E-state index is 12.9. The molecule has 0 N–H and O–H groups in total. The summed E-state index contributed by atoms with van der Waals surface area (Å²) in [7, 11) is 3.10. The molecule has 3 rings (SSSR count). The summed E-state index contributed by atoms with van der Waals surface area (Å²) < 4.78 is 28.9. The largest absolute Gasteiger partial charge is 0.497 e. The number of carbonyl (C=O) groups excluding carboxylic acids is 1. The smallest absolute Gasteiger partial charge is 0.277 e. The van der Waals surface area contributed by atoms with Crippen LogP contribution in [-0.4, -0.2) is 36.0 Å². The van der Waals surface area contributed by atoms with E-state index in [4.69, 9.17) is 13.9 Å². The molecule has 8 heteroatoms. The van der Waals surface area contributed by atoms with Crippen LogP contribution in [0.3, 0.4) is 0 Å². The summed E-state index contributed by atoms with van der Waals surface area (Å²) in [4.78, 5) is 12.1. The number of rotatable bonds is 7. The minimum atomic E-state index is -0.385. The standard InChI is InChI=1S/C18H15FN2O4S/c1-23-14-7-12(8-15(9-14)24-2)17-20-21-18(25-17)26-10-16(22)11-3-5-13(19)6-4-11/h3-9H,10H2,1-2H3. The highest BCUT2D eigenvalue weighted by atomic mass is 32.2. The summed E-state index contributed by atoms with van der Waals surface area (Å²) in [5.41, 5.74) is 1.07. The molecule has 6 nitrogen and oxygen atoms in total. The number of methoxy groups -OCH3 is 2. The van der Waals surface area contributed by atoms with Gasteiger partial charge < -0.3 is 13.9 Å². The molecule has 0 saturated heterocycles. The van der Waals surface area contributed by atoms with E-state index in [0.29, 0.717) is 28.5 Å². The molecule has 134 valence electrons. The lowest BCUT2D eigenvalue weighted by atomic mass is 10.1. The number of aromatic nitrogens is 2. The third kappa shape index (κ3) is 4.20. The molecule has 0 fully saturated rings. The first-order chi connectivity index (χ1) is 12.6. The molecule has 2 aromatic carbocycles. The zero-order chi connectivity index (χ0) is 18.5. The summed E-state index contributed by atoms with van der Waals surface area (Å²) >= 11 is 1.12. The molecule has 0 aliphatic rings. The van der Waals surface area contributed by atoms with Gasteiger partial charge in [0.1, 0.15) is 17.3 Å². The van der Waals surface area contributed by atoms with E-state index in [-0.39, 0.29) is 22.6 Å². The Balaban J connectivity index is 1.70. The van der Waals surface area contributed by atoms with Gasteiger partial charge in [-0.25, -0.2) is 4.39 Å². The summed E-state index contributed by atoms with van der Waals surface area (Å²) in [6.07, 6.45) is 0. The quantitative estimate of drug-likeness (QED) is 0.459. The number of nitrogens with zero attached hydrogens (tertiary/aromatic N) is 2. The van der Waals surface area contributed by atoms with Crippen LogP contribution >= 0.6 is 11.8 Å². The number of ketones is 1. The van der Waals surface area contributed by atoms with Crippen molar-refractivity contribution in [1.82, 2.24) is 10.2 Å². The maximum absolute atomic E-state index is 12.9. The first-order valence-electron chi connectivity index (χ1n) is 7.57. The Morgan fingerprint density at radius 1 is 1.08 bits per heavy atom. The van der Waals surface area contributed by atoms with Crippen molar-refractivity contribution >= 4 is 17.5 Å². The van der Waals surface area contributed by atoms with E-state index in [1.165, 1.54) is 24.3 Å². The Labute approximate surface area is 153 Å². The minimum Gasteiger partial charge on any atom is -0.497 e. The second-order valence-corrected chi connectivity index (χ2v) is 6.12. The second-order valence-electron chi connectivity index (χ2n) is 5.19. The van der Waals surface area contributed by atoms with E-state index < -0.39 is 0 Å². The van der Waals surface area contributed by atoms with E-state index in [0.717, 1.165) is 11.8 Å². The molecule has 1 heterocycles. The predicted octanol–water partition coefficient (Wildman–Crippen LogP) is 3.87. The lowest BCUT2D eigenvalue weighted by Gasteiger charge is -2.05. The fourth-order valence-corrected chi connectivity index (χ4v) is 2.82. The highest BCUT2D eigenvalue weighted by molar-refractivity contribution is 7.99. The fourth-order valence-electron chi connectivity index (χ4n) is 2.16. The van der Waals surface area contributed by atoms with Gasteiger partial charge in [-0.1, -0.05) is 11.8 Å². The molecule has 0 saturated carbocycles. The zero-order valence-electron chi connectivity index (χ0n) is 14.1. The van der Waals surface area contributed by atoms with Gasteiger partial charge in [0.25, 0.3) is 5.22 Å². The minimum absolute atomic E-state index is 0.106. The number of hydrogen-bond acceptors (Lipinski definition) is 7. The highest BCUT2D eigenvalue weighted by Crippen LogP contribution is 2.30. The lowest BCUT2D eigenvalue weighted by molar-refractivity contribution is 0.102. The number of Topliss-reactive ketones (excluding diaryl/α,β-unsaturated/α-hetero) is 1. The van der Waals surface area contributed by atoms with E-state index in [9.17, 15) is 9.18 Å². The molecular formula is C18H15FN2O4S. The Morgan fingerprint density at radius 3 is 2.35 bits per heavy atom. The van der Waals surface area contributed by atoms with Crippen LogP contribution in [0.25, 0.3) is 11.5 Å². The summed E-state index contributed by atoms with van der Waals surface area (Å²) in [5, 5.41) is 8.19. The average molecular weight is 374 g/mol. The predicted molar refractivity (Wildman–Crippen MR) is 94.3 cm³/mol. The van der Waals surface area contributed by atoms with Crippen molar-refractivity contribution < 1.29 is 23.1 Å². The van der Waals surface area contributed by atoms with Crippen LogP contribution in [0.1, 0.15) is 10.4 Å². The van der Waals surface area contributed by atoms with Gasteiger partial charge in [0.2, 0.25) is 5.89 Å². The van der Waals surface area contributed by atoms with Crippen LogP contribution in [0.15, 0.2) is 52.1 Å². The lowest BCUT2D eigenvalue weighted by Crippen LogP contribution is -2.02. The topological polar surface area (TPSA) is 74.5 Å². The SMILES string of the molecule is COc1cc(OC)cc(-c2nnc(SCC(=O)c3ccc(F)cc3)o2)c1. The monoisotopic (exact) mass is 374 g/mol. The number of halogens is 1. The van der Waals surface area contributed by atoms with Crippen molar-refractivity contribution in [2.75, 3.05) is 20.0 Å². The van der Waals surface area contributed by atoms with Crippen molar-refractivity contribution in [3.8, 4) is 23.0 Å². The van der Waals surface area contributed by atoms with E-state index in [1.807, 2.05) is 0 Å². The molecule has 0 bridgehead atoms. The van der Waals surface area contributed by atoms with Gasteiger partial charge >= 0.3 is 0 Å². The third-order valence-corrected chi connectivity index (χ3v) is 4.32. The van der Waals surface area contributed by atoms with Crippen LogP contribution in [0, 0.1) is 5.82 Å². The molecule has 0 amide bonds. The van der Waals surface area contributed by atoms with Gasteiger partial charge in [0, 0.05) is 17.2 Å². The van der Waals surface area contributed by atoms with Crippen LogP contribution < -0.4 is 9.47 Å². The molecule has 1 aromatic heterocycles. The van der Waals surface area contributed by atoms with Gasteiger partial charge in [0.05, 0.1) is 20.0 Å². The second kappa shape index (κ2) is 8.01. The number of ether oxygens (including phenoxy) is 2. The van der Waals surface area contributed by atoms with Gasteiger partial charge in [-0.15, -0.1) is 10.2 Å². The molecule has 0 atom stereocenters. The first-order valence-corrected chi connectivity index (χ1v) is 8.56. The Morgan fingerprint density at radius 2 is 1.73 bits per heavy atom. The van der Waals surface area contributed by atoms with Crippen LogP contribution in [0.2, 0.25) is 0 Å². The van der Waals surface area contributed by atoms with Gasteiger partial charge in [-0.05, 0) is 36.4 Å². The van der Waals surface area contributed by atoms with Gasteiger partial charge in [-0.3, -0.25) is 4.79 Å². The van der Waals surface area contributed by atoms with Gasteiger partial charge in [0.15, 0.2) is 5.78 Å². The molecular weight excluding hydrogens is 359 g/mol. The molecule has 0 spiro atoms. The Kier molecular flexibility index (Phi) is 5.52. The summed E-state index contributed by atoms with van der Waals surface area (Å²) in [6.45, 7) is 0. The van der Waals surface area contributed by atoms with E-state index in [2.05, 4.69) is 10.2 Å². The van der Waals surface area contributed by atoms with Crippen LogP contribution in [0.4, 0.5) is 4.39 Å². The molecule has 0 aliphatic heterocycles. The fraction of sp³-hybridized carbons (Fsp3) is 0.167. The Bertz CT molecular complexity index is 890. The zero-order valence-corrected chi connectivity index (χ0v) is 14.9. The van der Waals surface area contributed by atoms with Crippen molar-refractivity contribution in [3.63, 3.8) is 0 Å². The van der Waals surface area contributed by atoms with Crippen LogP contribution in [-0.2, 0) is 0 Å². The van der Waals surface area contributed by atoms with E-state index in [1.54, 1.807) is 32.4 Å². The highest BCUT2D eigenvalue weighted by Gasteiger charge is 2.14. The number of carbonyl (C=O) groups is 1. The number of benzene rings is 2. The molecule has 0 unspecified atom stereocenters. The molecule has 26 heavy (non-hydrogen) atoms. The molecule has 3 aromatic rings. The summed E-state index contributed by atoms with van der Waals surface area (Å²) in [5.74, 6) is 1.05. The number of hydrogen-bond donors (Lipinski definition) is 0. The van der Waals surface area contributed by atoms with Crippen molar-refractivity contribution in [2.45, 2.75) is 5.22 Å². The van der Waals surface area contributed by atoms with Crippen molar-refractivity contribution in [2.24, 2.45) is 0 Å². The Hall–Kier alpha value is -2.87. The van der Waals surface area contributed by atoms with E-state index >= 15 is 0 Å². The molecule has 0 aliphatic carbocycles. The summed E-state index contributed by atoms with van der Waals surface area (Å²) in [6, 6.07) is 10.6. The van der Waals surface area contributed by atoms with Crippen molar-refractivity contribution in [3.05, 3.63) is 53.8 Å². The van der Waals surface area contributed by atoms with Crippen LogP contribution in [0.5, 0.6) is 11.5 Å².